The van der Waals surface area contributed by atoms with E-state index in [1.54, 1.807) is 0 Å². The highest BCUT2D eigenvalue weighted by Crippen LogP contribution is 2.54. The van der Waals surface area contributed by atoms with Gasteiger partial charge in [0.15, 0.2) is 0 Å². The van der Waals surface area contributed by atoms with Crippen molar-refractivity contribution in [2.75, 3.05) is 12.3 Å². The third-order valence-corrected chi connectivity index (χ3v) is 4.02. The van der Waals surface area contributed by atoms with Crippen molar-refractivity contribution in [1.29, 1.82) is 0 Å². The molecule has 2 rings (SSSR count). The molecule has 0 heterocycles. The zero-order chi connectivity index (χ0) is 11.8. The monoisotopic (exact) mass is 253 g/mol. The molecular weight excluding hydrogens is 239 g/mol. The molecule has 1 N–H and O–H groups in total. The maximum atomic E-state index is 11.8. The second-order valence-electron chi connectivity index (χ2n) is 4.51. The van der Waals surface area contributed by atoms with E-state index in [1.807, 2.05) is 0 Å². The molecule has 2 unspecified atom stereocenters. The number of amides is 1. The first-order chi connectivity index (χ1) is 7.46. The van der Waals surface area contributed by atoms with Crippen molar-refractivity contribution in [3.63, 3.8) is 0 Å². The molecule has 0 aliphatic heterocycles. The summed E-state index contributed by atoms with van der Waals surface area (Å²) in [6.07, 6.45) is 3.11. The van der Waals surface area contributed by atoms with Crippen molar-refractivity contribution in [2.24, 2.45) is 17.8 Å². The third-order valence-electron chi connectivity index (χ3n) is 3.28. The number of thioether (sulfide) groups is 1. The molecule has 2 nitrogen and oxygen atoms in total. The fourth-order valence-corrected chi connectivity index (χ4v) is 2.85. The molecule has 0 saturated heterocycles. The van der Waals surface area contributed by atoms with Gasteiger partial charge in [0.05, 0.1) is 0 Å². The van der Waals surface area contributed by atoms with E-state index in [0.717, 1.165) is 24.7 Å². The van der Waals surface area contributed by atoms with Crippen molar-refractivity contribution >= 4 is 17.7 Å². The molecule has 2 saturated carbocycles. The molecule has 92 valence electrons. The van der Waals surface area contributed by atoms with Crippen molar-refractivity contribution in [3.05, 3.63) is 0 Å². The van der Waals surface area contributed by atoms with Crippen LogP contribution in [0.2, 0.25) is 0 Å². The van der Waals surface area contributed by atoms with Crippen LogP contribution < -0.4 is 5.32 Å². The Labute approximate surface area is 96.3 Å². The minimum absolute atomic E-state index is 0.0552. The maximum Gasteiger partial charge on any atom is 0.441 e. The Balaban J connectivity index is 1.57. The highest BCUT2D eigenvalue weighted by molar-refractivity contribution is 8.00. The lowest BCUT2D eigenvalue weighted by Gasteiger charge is -2.12. The summed E-state index contributed by atoms with van der Waals surface area (Å²) in [6, 6.07) is 0. The molecular formula is C10H14F3NOS. The first-order valence-electron chi connectivity index (χ1n) is 5.44. The summed E-state index contributed by atoms with van der Waals surface area (Å²) >= 11 is -0.0873. The molecule has 0 aromatic carbocycles. The molecule has 0 aromatic heterocycles. The minimum Gasteiger partial charge on any atom is -0.355 e. The van der Waals surface area contributed by atoms with Gasteiger partial charge in [-0.15, -0.1) is 0 Å². The van der Waals surface area contributed by atoms with Crippen LogP contribution in [0.3, 0.4) is 0 Å². The molecule has 1 amide bonds. The molecule has 0 radical (unpaired) electrons. The molecule has 2 aliphatic rings. The second kappa shape index (κ2) is 4.47. The predicted octanol–water partition coefficient (Wildman–Crippen LogP) is 2.40. The summed E-state index contributed by atoms with van der Waals surface area (Å²) in [4.78, 5) is 11.5. The van der Waals surface area contributed by atoms with Gasteiger partial charge in [-0.25, -0.2) is 0 Å². The Morgan fingerprint density at radius 2 is 1.88 bits per heavy atom. The fourth-order valence-electron chi connectivity index (χ4n) is 2.41. The average molecular weight is 253 g/mol. The summed E-state index contributed by atoms with van der Waals surface area (Å²) in [6.45, 7) is 0.106. The normalized spacial score (nSPS) is 32.3. The Kier molecular flexibility index (Phi) is 3.37. The van der Waals surface area contributed by atoms with Crippen LogP contribution in [-0.2, 0) is 4.79 Å². The average Bonchev–Trinajstić information content (AvgIpc) is 2.79. The molecule has 0 bridgehead atoms. The van der Waals surface area contributed by atoms with Crippen LogP contribution in [0.5, 0.6) is 0 Å². The lowest BCUT2D eigenvalue weighted by Crippen LogP contribution is -2.32. The van der Waals surface area contributed by atoms with E-state index in [9.17, 15) is 18.0 Å². The van der Waals surface area contributed by atoms with E-state index >= 15 is 0 Å². The standard InChI is InChI=1S/C10H14F3NOS/c11-10(12,13)16-2-1-14-9(15)8-4-6-3-7(6)5-8/h6-8H,1-5H2,(H,14,15). The van der Waals surface area contributed by atoms with Gasteiger partial charge < -0.3 is 5.32 Å². The Bertz CT molecular complexity index is 272. The van der Waals surface area contributed by atoms with Gasteiger partial charge in [0.25, 0.3) is 0 Å². The number of nitrogens with one attached hydrogen (secondary N) is 1. The van der Waals surface area contributed by atoms with Crippen LogP contribution >= 0.6 is 11.8 Å². The van der Waals surface area contributed by atoms with Gasteiger partial charge in [0.1, 0.15) is 0 Å². The van der Waals surface area contributed by atoms with Gasteiger partial charge in [-0.05, 0) is 42.9 Å². The molecule has 0 aromatic rings. The van der Waals surface area contributed by atoms with Crippen LogP contribution in [0.1, 0.15) is 19.3 Å². The highest BCUT2D eigenvalue weighted by atomic mass is 32.2. The molecule has 2 aliphatic carbocycles. The molecule has 16 heavy (non-hydrogen) atoms. The summed E-state index contributed by atoms with van der Waals surface area (Å²) in [7, 11) is 0. The van der Waals surface area contributed by atoms with Crippen molar-refractivity contribution in [2.45, 2.75) is 24.8 Å². The van der Waals surface area contributed by atoms with Crippen molar-refractivity contribution < 1.29 is 18.0 Å². The molecule has 2 fully saturated rings. The number of hydrogen-bond donors (Lipinski definition) is 1. The summed E-state index contributed by atoms with van der Waals surface area (Å²) in [5, 5.41) is 2.58. The number of rotatable bonds is 4. The largest absolute Gasteiger partial charge is 0.441 e. The first-order valence-corrected chi connectivity index (χ1v) is 6.42. The number of hydrogen-bond acceptors (Lipinski definition) is 2. The van der Waals surface area contributed by atoms with Gasteiger partial charge in [-0.3, -0.25) is 4.79 Å². The quantitative estimate of drug-likeness (QED) is 0.779. The van der Waals surface area contributed by atoms with E-state index in [4.69, 9.17) is 0 Å². The van der Waals surface area contributed by atoms with E-state index in [2.05, 4.69) is 5.32 Å². The van der Waals surface area contributed by atoms with Gasteiger partial charge in [0, 0.05) is 18.2 Å². The Morgan fingerprint density at radius 3 is 2.44 bits per heavy atom. The minimum atomic E-state index is -4.19. The van der Waals surface area contributed by atoms with E-state index in [0.29, 0.717) is 0 Å². The van der Waals surface area contributed by atoms with Gasteiger partial charge >= 0.3 is 5.51 Å². The fraction of sp³-hybridized carbons (Fsp3) is 0.900. The van der Waals surface area contributed by atoms with Crippen LogP contribution in [0.25, 0.3) is 0 Å². The summed E-state index contributed by atoms with van der Waals surface area (Å²) in [5.74, 6) is 1.34. The highest BCUT2D eigenvalue weighted by Gasteiger charge is 2.47. The number of fused-ring (bicyclic) bond motifs is 1. The predicted molar refractivity (Wildman–Crippen MR) is 55.8 cm³/mol. The number of alkyl halides is 3. The zero-order valence-electron chi connectivity index (χ0n) is 8.72. The van der Waals surface area contributed by atoms with Crippen LogP contribution in [0.15, 0.2) is 0 Å². The lowest BCUT2D eigenvalue weighted by molar-refractivity contribution is -0.125. The van der Waals surface area contributed by atoms with Gasteiger partial charge in [0.2, 0.25) is 5.91 Å². The van der Waals surface area contributed by atoms with Gasteiger partial charge in [-0.1, -0.05) is 0 Å². The van der Waals surface area contributed by atoms with Gasteiger partial charge in [-0.2, -0.15) is 13.2 Å². The van der Waals surface area contributed by atoms with E-state index < -0.39 is 5.51 Å². The summed E-state index contributed by atoms with van der Waals surface area (Å²) < 4.78 is 35.4. The third kappa shape index (κ3) is 3.30. The SMILES string of the molecule is O=C(NCCSC(F)(F)F)C1CC2CC2C1. The smallest absolute Gasteiger partial charge is 0.355 e. The Morgan fingerprint density at radius 1 is 1.25 bits per heavy atom. The zero-order valence-corrected chi connectivity index (χ0v) is 9.53. The Hall–Kier alpha value is -0.390. The van der Waals surface area contributed by atoms with Crippen LogP contribution in [0, 0.1) is 17.8 Å². The molecule has 0 spiro atoms. The number of carbonyl (C=O) groups excluding carboxylic acids is 1. The van der Waals surface area contributed by atoms with Crippen molar-refractivity contribution in [3.8, 4) is 0 Å². The van der Waals surface area contributed by atoms with Crippen molar-refractivity contribution in [1.82, 2.24) is 5.32 Å². The van der Waals surface area contributed by atoms with E-state index in [1.165, 1.54) is 6.42 Å². The number of halogens is 3. The first kappa shape index (κ1) is 12.1. The van der Waals surface area contributed by atoms with E-state index in [-0.39, 0.29) is 35.9 Å². The second-order valence-corrected chi connectivity index (χ2v) is 5.67. The molecule has 6 heteroatoms. The lowest BCUT2D eigenvalue weighted by atomic mass is 10.0. The maximum absolute atomic E-state index is 11.8. The van der Waals surface area contributed by atoms with Crippen LogP contribution in [-0.4, -0.2) is 23.7 Å². The molecule has 2 atom stereocenters. The summed E-state index contributed by atoms with van der Waals surface area (Å²) in [5.41, 5.74) is -4.19. The van der Waals surface area contributed by atoms with Crippen LogP contribution in [0.4, 0.5) is 13.2 Å². The topological polar surface area (TPSA) is 29.1 Å². The number of carbonyl (C=O) groups is 1.